The van der Waals surface area contributed by atoms with E-state index in [9.17, 15) is 0 Å². The van der Waals surface area contributed by atoms with Crippen LogP contribution in [0.15, 0.2) is 18.2 Å². The van der Waals surface area contributed by atoms with Gasteiger partial charge >= 0.3 is 0 Å². The van der Waals surface area contributed by atoms with Crippen LogP contribution < -0.4 is 14.8 Å². The van der Waals surface area contributed by atoms with E-state index in [-0.39, 0.29) is 0 Å². The molecule has 2 saturated carbocycles. The van der Waals surface area contributed by atoms with Crippen LogP contribution in [0.5, 0.6) is 11.5 Å². The molecule has 1 N–H and O–H groups in total. The van der Waals surface area contributed by atoms with E-state index >= 15 is 0 Å². The third kappa shape index (κ3) is 2.71. The second-order valence-corrected chi connectivity index (χ2v) is 5.92. The zero-order valence-electron chi connectivity index (χ0n) is 11.9. The van der Waals surface area contributed by atoms with Crippen molar-refractivity contribution in [1.29, 1.82) is 0 Å². The summed E-state index contributed by atoms with van der Waals surface area (Å²) in [5.74, 6) is 2.83. The minimum atomic E-state index is 0.645. The summed E-state index contributed by atoms with van der Waals surface area (Å²) in [4.78, 5) is 0. The Kier molecular flexibility index (Phi) is 3.40. The third-order valence-electron chi connectivity index (χ3n) is 4.62. The fourth-order valence-electron chi connectivity index (χ4n) is 3.05. The van der Waals surface area contributed by atoms with Crippen LogP contribution in [0.2, 0.25) is 0 Å². The maximum absolute atomic E-state index is 5.41. The van der Waals surface area contributed by atoms with Gasteiger partial charge in [-0.05, 0) is 55.2 Å². The van der Waals surface area contributed by atoms with E-state index in [0.717, 1.165) is 30.5 Å². The molecule has 2 fully saturated rings. The van der Waals surface area contributed by atoms with Crippen LogP contribution in [0, 0.1) is 11.3 Å². The quantitative estimate of drug-likeness (QED) is 0.818. The SMILES string of the molecule is COc1ccc(OC)c(CNCC2(C3CC3)CC2)c1. The van der Waals surface area contributed by atoms with Gasteiger partial charge in [0.05, 0.1) is 14.2 Å². The molecule has 104 valence electrons. The highest BCUT2D eigenvalue weighted by Gasteiger charge is 2.53. The first kappa shape index (κ1) is 12.8. The molecule has 2 aliphatic rings. The first-order valence-electron chi connectivity index (χ1n) is 7.19. The zero-order chi connectivity index (χ0) is 13.3. The van der Waals surface area contributed by atoms with E-state index < -0.39 is 0 Å². The number of ether oxygens (including phenoxy) is 2. The summed E-state index contributed by atoms with van der Waals surface area (Å²) < 4.78 is 10.7. The predicted molar refractivity (Wildman–Crippen MR) is 75.6 cm³/mol. The molecule has 0 heterocycles. The lowest BCUT2D eigenvalue weighted by atomic mass is 10.0. The molecule has 3 heteroatoms. The fourth-order valence-corrected chi connectivity index (χ4v) is 3.05. The van der Waals surface area contributed by atoms with Gasteiger partial charge in [-0.3, -0.25) is 0 Å². The summed E-state index contributed by atoms with van der Waals surface area (Å²) in [5.41, 5.74) is 1.82. The minimum absolute atomic E-state index is 0.645. The molecule has 0 bridgehead atoms. The predicted octanol–water partition coefficient (Wildman–Crippen LogP) is 2.98. The van der Waals surface area contributed by atoms with Gasteiger partial charge in [0.15, 0.2) is 0 Å². The van der Waals surface area contributed by atoms with Crippen molar-refractivity contribution in [1.82, 2.24) is 5.32 Å². The lowest BCUT2D eigenvalue weighted by Gasteiger charge is -2.16. The fraction of sp³-hybridized carbons (Fsp3) is 0.625. The molecule has 0 aliphatic heterocycles. The average Bonchev–Trinajstić information content (AvgIpc) is 3.30. The van der Waals surface area contributed by atoms with E-state index in [4.69, 9.17) is 9.47 Å². The number of methoxy groups -OCH3 is 2. The van der Waals surface area contributed by atoms with Crippen LogP contribution in [0.3, 0.4) is 0 Å². The molecule has 3 rings (SSSR count). The van der Waals surface area contributed by atoms with Crippen LogP contribution in [0.4, 0.5) is 0 Å². The van der Waals surface area contributed by atoms with Crippen LogP contribution in [0.25, 0.3) is 0 Å². The number of hydrogen-bond donors (Lipinski definition) is 1. The third-order valence-corrected chi connectivity index (χ3v) is 4.62. The topological polar surface area (TPSA) is 30.5 Å². The monoisotopic (exact) mass is 261 g/mol. The van der Waals surface area contributed by atoms with Gasteiger partial charge in [-0.2, -0.15) is 0 Å². The van der Waals surface area contributed by atoms with Crippen molar-refractivity contribution in [2.24, 2.45) is 11.3 Å². The van der Waals surface area contributed by atoms with Crippen molar-refractivity contribution < 1.29 is 9.47 Å². The largest absolute Gasteiger partial charge is 0.497 e. The molecule has 2 aliphatic carbocycles. The average molecular weight is 261 g/mol. The van der Waals surface area contributed by atoms with Crippen molar-refractivity contribution >= 4 is 0 Å². The summed E-state index contributed by atoms with van der Waals surface area (Å²) in [6.45, 7) is 2.01. The number of benzene rings is 1. The molecule has 0 radical (unpaired) electrons. The van der Waals surface area contributed by atoms with Gasteiger partial charge in [0.25, 0.3) is 0 Å². The molecule has 3 nitrogen and oxygen atoms in total. The highest BCUT2D eigenvalue weighted by Crippen LogP contribution is 2.60. The molecule has 1 aromatic carbocycles. The van der Waals surface area contributed by atoms with Crippen molar-refractivity contribution in [2.45, 2.75) is 32.2 Å². The van der Waals surface area contributed by atoms with Gasteiger partial charge in [0.1, 0.15) is 11.5 Å². The lowest BCUT2D eigenvalue weighted by Crippen LogP contribution is -2.25. The maximum Gasteiger partial charge on any atom is 0.123 e. The van der Waals surface area contributed by atoms with Crippen LogP contribution in [0.1, 0.15) is 31.2 Å². The molecule has 0 unspecified atom stereocenters. The molecule has 19 heavy (non-hydrogen) atoms. The van der Waals surface area contributed by atoms with Crippen LogP contribution >= 0.6 is 0 Å². The summed E-state index contributed by atoms with van der Waals surface area (Å²) in [7, 11) is 3.42. The standard InChI is InChI=1S/C16H23NO2/c1-18-14-5-6-15(19-2)12(9-14)10-17-11-16(7-8-16)13-3-4-13/h5-6,9,13,17H,3-4,7-8,10-11H2,1-2H3. The first-order valence-corrected chi connectivity index (χ1v) is 7.19. The smallest absolute Gasteiger partial charge is 0.123 e. The summed E-state index contributed by atoms with van der Waals surface area (Å²) in [6, 6.07) is 5.97. The van der Waals surface area contributed by atoms with Crippen molar-refractivity contribution in [3.8, 4) is 11.5 Å². The summed E-state index contributed by atoms with van der Waals surface area (Å²) in [5, 5.41) is 3.62. The molecule has 1 aromatic rings. The minimum Gasteiger partial charge on any atom is -0.497 e. The molecule has 0 amide bonds. The summed E-state index contributed by atoms with van der Waals surface area (Å²) >= 11 is 0. The van der Waals surface area contributed by atoms with Gasteiger partial charge in [0, 0.05) is 18.7 Å². The molecule has 0 aromatic heterocycles. The number of rotatable bonds is 7. The highest BCUT2D eigenvalue weighted by molar-refractivity contribution is 5.40. The van der Waals surface area contributed by atoms with Crippen molar-refractivity contribution in [2.75, 3.05) is 20.8 Å². The van der Waals surface area contributed by atoms with Gasteiger partial charge < -0.3 is 14.8 Å². The Labute approximate surface area is 115 Å². The van der Waals surface area contributed by atoms with E-state index in [1.807, 2.05) is 12.1 Å². The van der Waals surface area contributed by atoms with Gasteiger partial charge in [-0.25, -0.2) is 0 Å². The van der Waals surface area contributed by atoms with E-state index in [1.54, 1.807) is 14.2 Å². The first-order chi connectivity index (χ1) is 9.27. The summed E-state index contributed by atoms with van der Waals surface area (Å²) in [6.07, 6.45) is 5.73. The van der Waals surface area contributed by atoms with Crippen molar-refractivity contribution in [3.63, 3.8) is 0 Å². The van der Waals surface area contributed by atoms with E-state index in [1.165, 1.54) is 31.2 Å². The Morgan fingerprint density at radius 2 is 2.00 bits per heavy atom. The Morgan fingerprint density at radius 1 is 1.21 bits per heavy atom. The van der Waals surface area contributed by atoms with Gasteiger partial charge in [-0.1, -0.05) is 0 Å². The normalized spacial score (nSPS) is 20.1. The molecule has 0 spiro atoms. The van der Waals surface area contributed by atoms with Crippen LogP contribution in [-0.4, -0.2) is 20.8 Å². The zero-order valence-corrected chi connectivity index (χ0v) is 11.9. The second-order valence-electron chi connectivity index (χ2n) is 5.92. The number of nitrogens with one attached hydrogen (secondary N) is 1. The van der Waals surface area contributed by atoms with E-state index in [0.29, 0.717) is 5.41 Å². The number of hydrogen-bond acceptors (Lipinski definition) is 3. The molecule has 0 saturated heterocycles. The Morgan fingerprint density at radius 3 is 2.58 bits per heavy atom. The van der Waals surface area contributed by atoms with Gasteiger partial charge in [-0.15, -0.1) is 0 Å². The van der Waals surface area contributed by atoms with Gasteiger partial charge in [0.2, 0.25) is 0 Å². The second kappa shape index (κ2) is 5.04. The van der Waals surface area contributed by atoms with Crippen LogP contribution in [-0.2, 0) is 6.54 Å². The van der Waals surface area contributed by atoms with Crippen molar-refractivity contribution in [3.05, 3.63) is 23.8 Å². The molecular weight excluding hydrogens is 238 g/mol. The molecule has 0 atom stereocenters. The highest BCUT2D eigenvalue weighted by atomic mass is 16.5. The Bertz CT molecular complexity index is 450. The Balaban J connectivity index is 1.59. The maximum atomic E-state index is 5.41. The lowest BCUT2D eigenvalue weighted by molar-refractivity contribution is 0.385. The van der Waals surface area contributed by atoms with E-state index in [2.05, 4.69) is 11.4 Å². The molecular formula is C16H23NO2. The Hall–Kier alpha value is -1.22.